The first-order chi connectivity index (χ1) is 11.1. The van der Waals surface area contributed by atoms with Gasteiger partial charge < -0.3 is 4.90 Å². The molecular formula is C18H14F2N2O. The fourth-order valence-electron chi connectivity index (χ4n) is 2.32. The molecule has 5 heteroatoms. The van der Waals surface area contributed by atoms with Crippen molar-refractivity contribution in [2.24, 2.45) is 0 Å². The van der Waals surface area contributed by atoms with Crippen molar-refractivity contribution >= 4 is 17.5 Å². The molecule has 0 N–H and O–H groups in total. The summed E-state index contributed by atoms with van der Waals surface area (Å²) in [4.78, 5) is 18.3. The van der Waals surface area contributed by atoms with Gasteiger partial charge in [-0.15, -0.1) is 0 Å². The van der Waals surface area contributed by atoms with Crippen molar-refractivity contribution in [1.29, 1.82) is 0 Å². The highest BCUT2D eigenvalue weighted by atomic mass is 19.1. The first kappa shape index (κ1) is 15.1. The summed E-state index contributed by atoms with van der Waals surface area (Å²) < 4.78 is 27.0. The molecule has 0 radical (unpaired) electrons. The fourth-order valence-corrected chi connectivity index (χ4v) is 2.32. The molecule has 2 aromatic rings. The van der Waals surface area contributed by atoms with Gasteiger partial charge in [0.1, 0.15) is 17.3 Å². The molecule has 0 spiro atoms. The highest BCUT2D eigenvalue weighted by Crippen LogP contribution is 2.17. The minimum absolute atomic E-state index is 0.230. The number of hydrogen-bond donors (Lipinski definition) is 0. The van der Waals surface area contributed by atoms with Crippen molar-refractivity contribution in [3.63, 3.8) is 0 Å². The van der Waals surface area contributed by atoms with Gasteiger partial charge >= 0.3 is 0 Å². The lowest BCUT2D eigenvalue weighted by molar-refractivity contribution is 0.104. The summed E-state index contributed by atoms with van der Waals surface area (Å²) in [6.07, 6.45) is 8.00. The number of carbonyl (C=O) groups excluding carboxylic acids is 1. The van der Waals surface area contributed by atoms with Crippen LogP contribution in [0.15, 0.2) is 54.8 Å². The third kappa shape index (κ3) is 3.34. The number of ketones is 1. The number of pyridine rings is 1. The molecule has 1 aromatic heterocycles. The molecule has 1 aliphatic heterocycles. The van der Waals surface area contributed by atoms with E-state index in [-0.39, 0.29) is 11.3 Å². The zero-order valence-electron chi connectivity index (χ0n) is 12.2. The van der Waals surface area contributed by atoms with Gasteiger partial charge in [0.15, 0.2) is 0 Å². The monoisotopic (exact) mass is 312 g/mol. The number of rotatable bonds is 4. The van der Waals surface area contributed by atoms with Gasteiger partial charge in [-0.25, -0.2) is 8.78 Å². The zero-order valence-corrected chi connectivity index (χ0v) is 12.2. The van der Waals surface area contributed by atoms with Crippen molar-refractivity contribution < 1.29 is 13.6 Å². The number of allylic oxidation sites excluding steroid dienone is 1. The van der Waals surface area contributed by atoms with Crippen LogP contribution in [0, 0.1) is 11.6 Å². The quantitative estimate of drug-likeness (QED) is 0.491. The number of anilines is 1. The van der Waals surface area contributed by atoms with Gasteiger partial charge in [0.2, 0.25) is 5.78 Å². The number of carbonyl (C=O) groups is 1. The third-order valence-electron chi connectivity index (χ3n) is 3.58. The number of hydrogen-bond acceptors (Lipinski definition) is 3. The summed E-state index contributed by atoms with van der Waals surface area (Å²) in [6.45, 7) is 1.64. The van der Waals surface area contributed by atoms with Crippen LogP contribution in [0.4, 0.5) is 14.5 Å². The molecule has 23 heavy (non-hydrogen) atoms. The maximum Gasteiger partial charge on any atom is 0.204 e. The SMILES string of the molecule is O=C(/C=C/c1c(F)cccc1F)c1ccc(N2CC=CC2)cn1. The van der Waals surface area contributed by atoms with Crippen molar-refractivity contribution in [2.45, 2.75) is 0 Å². The molecule has 0 amide bonds. The van der Waals surface area contributed by atoms with E-state index >= 15 is 0 Å². The van der Waals surface area contributed by atoms with Crippen LogP contribution in [-0.4, -0.2) is 23.9 Å². The molecule has 0 fully saturated rings. The van der Waals surface area contributed by atoms with Crippen LogP contribution in [0.2, 0.25) is 0 Å². The maximum absolute atomic E-state index is 13.5. The Hall–Kier alpha value is -2.82. The molecule has 1 aromatic carbocycles. The Morgan fingerprint density at radius 3 is 2.39 bits per heavy atom. The Morgan fingerprint density at radius 1 is 1.09 bits per heavy atom. The highest BCUT2D eigenvalue weighted by Gasteiger charge is 2.10. The molecule has 0 bridgehead atoms. The lowest BCUT2D eigenvalue weighted by Gasteiger charge is -2.16. The highest BCUT2D eigenvalue weighted by molar-refractivity contribution is 6.05. The van der Waals surface area contributed by atoms with E-state index in [1.807, 2.05) is 6.07 Å². The van der Waals surface area contributed by atoms with E-state index in [1.165, 1.54) is 6.07 Å². The van der Waals surface area contributed by atoms with E-state index in [4.69, 9.17) is 0 Å². The van der Waals surface area contributed by atoms with E-state index in [0.29, 0.717) is 0 Å². The van der Waals surface area contributed by atoms with Crippen molar-refractivity contribution in [3.8, 4) is 0 Å². The smallest absolute Gasteiger partial charge is 0.204 e. The second kappa shape index (κ2) is 6.52. The van der Waals surface area contributed by atoms with Crippen molar-refractivity contribution in [2.75, 3.05) is 18.0 Å². The summed E-state index contributed by atoms with van der Waals surface area (Å²) >= 11 is 0. The predicted octanol–water partition coefficient (Wildman–Crippen LogP) is 3.63. The average molecular weight is 312 g/mol. The van der Waals surface area contributed by atoms with E-state index in [0.717, 1.165) is 43.1 Å². The molecule has 1 aliphatic rings. The van der Waals surface area contributed by atoms with E-state index < -0.39 is 17.4 Å². The Labute approximate surface area is 132 Å². The Bertz CT molecular complexity index is 754. The lowest BCUT2D eigenvalue weighted by atomic mass is 10.1. The summed E-state index contributed by atoms with van der Waals surface area (Å²) in [5, 5.41) is 0. The third-order valence-corrected chi connectivity index (χ3v) is 3.58. The normalized spacial score (nSPS) is 13.9. The first-order valence-electron chi connectivity index (χ1n) is 7.17. The Balaban J connectivity index is 1.74. The van der Waals surface area contributed by atoms with Crippen LogP contribution in [-0.2, 0) is 0 Å². The van der Waals surface area contributed by atoms with Crippen molar-refractivity contribution in [3.05, 3.63) is 77.6 Å². The maximum atomic E-state index is 13.5. The topological polar surface area (TPSA) is 33.2 Å². The van der Waals surface area contributed by atoms with Gasteiger partial charge in [-0.05, 0) is 36.4 Å². The Kier molecular flexibility index (Phi) is 4.28. The number of benzene rings is 1. The summed E-state index contributed by atoms with van der Waals surface area (Å²) in [7, 11) is 0. The van der Waals surface area contributed by atoms with E-state index in [1.54, 1.807) is 12.3 Å². The molecule has 0 atom stereocenters. The zero-order chi connectivity index (χ0) is 16.2. The van der Waals surface area contributed by atoms with Gasteiger partial charge in [-0.3, -0.25) is 9.78 Å². The van der Waals surface area contributed by atoms with Crippen LogP contribution >= 0.6 is 0 Å². The standard InChI is InChI=1S/C18H14F2N2O/c19-15-4-3-5-16(20)14(15)7-9-18(23)17-8-6-13(12-21-17)22-10-1-2-11-22/h1-9,12H,10-11H2/b9-7+. The summed E-state index contributed by atoms with van der Waals surface area (Å²) in [5.74, 6) is -1.82. The fraction of sp³-hybridized carbons (Fsp3) is 0.111. The molecule has 0 saturated carbocycles. The summed E-state index contributed by atoms with van der Waals surface area (Å²) in [6, 6.07) is 6.98. The van der Waals surface area contributed by atoms with Gasteiger partial charge in [-0.1, -0.05) is 18.2 Å². The van der Waals surface area contributed by atoms with E-state index in [2.05, 4.69) is 22.0 Å². The molecule has 3 rings (SSSR count). The van der Waals surface area contributed by atoms with Crippen LogP contribution in [0.1, 0.15) is 16.1 Å². The van der Waals surface area contributed by atoms with Gasteiger partial charge in [0.25, 0.3) is 0 Å². The first-order valence-corrected chi connectivity index (χ1v) is 7.17. The number of nitrogens with zero attached hydrogens (tertiary/aromatic N) is 2. The van der Waals surface area contributed by atoms with Gasteiger partial charge in [0, 0.05) is 18.7 Å². The minimum Gasteiger partial charge on any atom is -0.363 e. The molecule has 116 valence electrons. The van der Waals surface area contributed by atoms with Crippen LogP contribution < -0.4 is 4.90 Å². The number of aromatic nitrogens is 1. The van der Waals surface area contributed by atoms with Gasteiger partial charge in [-0.2, -0.15) is 0 Å². The van der Waals surface area contributed by atoms with E-state index in [9.17, 15) is 13.6 Å². The minimum atomic E-state index is -0.709. The molecule has 0 aliphatic carbocycles. The van der Waals surface area contributed by atoms with Crippen LogP contribution in [0.5, 0.6) is 0 Å². The molecule has 0 unspecified atom stereocenters. The second-order valence-electron chi connectivity index (χ2n) is 5.11. The predicted molar refractivity (Wildman–Crippen MR) is 85.3 cm³/mol. The van der Waals surface area contributed by atoms with Crippen LogP contribution in [0.3, 0.4) is 0 Å². The lowest BCUT2D eigenvalue weighted by Crippen LogP contribution is -2.18. The molecule has 2 heterocycles. The molecule has 0 saturated heterocycles. The Morgan fingerprint density at radius 2 is 1.78 bits per heavy atom. The largest absolute Gasteiger partial charge is 0.363 e. The molecular weight excluding hydrogens is 298 g/mol. The van der Waals surface area contributed by atoms with Crippen molar-refractivity contribution in [1.82, 2.24) is 4.98 Å². The molecule has 3 nitrogen and oxygen atoms in total. The average Bonchev–Trinajstić information content (AvgIpc) is 3.09. The second-order valence-corrected chi connectivity index (χ2v) is 5.11. The van der Waals surface area contributed by atoms with Crippen LogP contribution in [0.25, 0.3) is 6.08 Å². The van der Waals surface area contributed by atoms with Gasteiger partial charge in [0.05, 0.1) is 11.9 Å². The summed E-state index contributed by atoms with van der Waals surface area (Å²) in [5.41, 5.74) is 0.921. The number of halogens is 2.